The van der Waals surface area contributed by atoms with E-state index in [1.54, 1.807) is 7.11 Å². The average molecular weight is 284 g/mol. The van der Waals surface area contributed by atoms with Crippen LogP contribution in [0.1, 0.15) is 23.1 Å². The molecule has 2 aromatic rings. The number of aryl methyl sites for hydroxylation is 2. The Hall–Kier alpha value is -2.16. The van der Waals surface area contributed by atoms with Crippen LogP contribution >= 0.6 is 0 Å². The second-order valence-corrected chi connectivity index (χ2v) is 5.35. The topological polar surface area (TPSA) is 47.3 Å². The molecule has 21 heavy (non-hydrogen) atoms. The van der Waals surface area contributed by atoms with E-state index in [0.29, 0.717) is 5.69 Å². The normalized spacial score (nSPS) is 10.4. The highest BCUT2D eigenvalue weighted by Crippen LogP contribution is 2.22. The van der Waals surface area contributed by atoms with Gasteiger partial charge in [0.25, 0.3) is 0 Å². The SMILES string of the molecule is COc1ccc(CCCNc2cccc(C)c2C)cc1N. The lowest BCUT2D eigenvalue weighted by Crippen LogP contribution is -2.05. The van der Waals surface area contributed by atoms with E-state index in [2.05, 4.69) is 43.4 Å². The lowest BCUT2D eigenvalue weighted by molar-refractivity contribution is 0.417. The van der Waals surface area contributed by atoms with E-state index in [1.807, 2.05) is 12.1 Å². The van der Waals surface area contributed by atoms with Gasteiger partial charge in [-0.3, -0.25) is 0 Å². The van der Waals surface area contributed by atoms with Crippen LogP contribution in [0, 0.1) is 13.8 Å². The molecule has 0 aliphatic rings. The van der Waals surface area contributed by atoms with Crippen molar-refractivity contribution in [1.82, 2.24) is 0 Å². The molecule has 0 aliphatic carbocycles. The number of hydrogen-bond donors (Lipinski definition) is 2. The predicted octanol–water partition coefficient (Wildman–Crippen LogP) is 3.94. The molecule has 0 radical (unpaired) electrons. The van der Waals surface area contributed by atoms with Gasteiger partial charge in [-0.2, -0.15) is 0 Å². The number of nitrogens with two attached hydrogens (primary N) is 1. The van der Waals surface area contributed by atoms with Crippen molar-refractivity contribution in [3.8, 4) is 5.75 Å². The minimum absolute atomic E-state index is 0.706. The predicted molar refractivity (Wildman–Crippen MR) is 90.1 cm³/mol. The molecule has 3 N–H and O–H groups in total. The van der Waals surface area contributed by atoms with Crippen molar-refractivity contribution in [1.29, 1.82) is 0 Å². The van der Waals surface area contributed by atoms with Gasteiger partial charge >= 0.3 is 0 Å². The number of nitrogens with one attached hydrogen (secondary N) is 1. The van der Waals surface area contributed by atoms with E-state index >= 15 is 0 Å². The molecule has 0 unspecified atom stereocenters. The van der Waals surface area contributed by atoms with Gasteiger partial charge in [-0.25, -0.2) is 0 Å². The summed E-state index contributed by atoms with van der Waals surface area (Å²) in [5.41, 5.74) is 11.7. The zero-order valence-electron chi connectivity index (χ0n) is 13.1. The third-order valence-corrected chi connectivity index (χ3v) is 3.86. The van der Waals surface area contributed by atoms with Crippen molar-refractivity contribution >= 4 is 11.4 Å². The van der Waals surface area contributed by atoms with Gasteiger partial charge in [-0.05, 0) is 61.6 Å². The molecule has 0 fully saturated rings. The molecule has 0 aromatic heterocycles. The molecule has 3 heteroatoms. The van der Waals surface area contributed by atoms with Crippen LogP contribution in [-0.4, -0.2) is 13.7 Å². The molecule has 0 heterocycles. The lowest BCUT2D eigenvalue weighted by atomic mass is 10.1. The van der Waals surface area contributed by atoms with Crippen molar-refractivity contribution in [2.24, 2.45) is 0 Å². The van der Waals surface area contributed by atoms with Crippen LogP contribution in [0.25, 0.3) is 0 Å². The molecular weight excluding hydrogens is 260 g/mol. The first kappa shape index (κ1) is 15.2. The number of methoxy groups -OCH3 is 1. The highest BCUT2D eigenvalue weighted by Gasteiger charge is 2.02. The number of rotatable bonds is 6. The van der Waals surface area contributed by atoms with Crippen molar-refractivity contribution in [2.75, 3.05) is 24.7 Å². The van der Waals surface area contributed by atoms with Crippen molar-refractivity contribution < 1.29 is 4.74 Å². The second kappa shape index (κ2) is 7.02. The Labute approximate surface area is 127 Å². The maximum atomic E-state index is 5.92. The fourth-order valence-electron chi connectivity index (χ4n) is 2.40. The summed E-state index contributed by atoms with van der Waals surface area (Å²) < 4.78 is 5.17. The average Bonchev–Trinajstić information content (AvgIpc) is 2.48. The molecule has 0 bridgehead atoms. The van der Waals surface area contributed by atoms with Gasteiger partial charge < -0.3 is 15.8 Å². The van der Waals surface area contributed by atoms with Gasteiger partial charge in [0.05, 0.1) is 12.8 Å². The third-order valence-electron chi connectivity index (χ3n) is 3.86. The molecule has 0 atom stereocenters. The smallest absolute Gasteiger partial charge is 0.141 e. The summed E-state index contributed by atoms with van der Waals surface area (Å²) in [6, 6.07) is 12.4. The van der Waals surface area contributed by atoms with Crippen LogP contribution in [0.4, 0.5) is 11.4 Å². The van der Waals surface area contributed by atoms with E-state index in [4.69, 9.17) is 10.5 Å². The van der Waals surface area contributed by atoms with Crippen molar-refractivity contribution in [2.45, 2.75) is 26.7 Å². The van der Waals surface area contributed by atoms with Gasteiger partial charge in [0, 0.05) is 12.2 Å². The van der Waals surface area contributed by atoms with E-state index < -0.39 is 0 Å². The number of benzene rings is 2. The van der Waals surface area contributed by atoms with E-state index in [-0.39, 0.29) is 0 Å². The van der Waals surface area contributed by atoms with Crippen LogP contribution in [0.5, 0.6) is 5.75 Å². The summed E-state index contributed by atoms with van der Waals surface area (Å²) in [6.45, 7) is 5.25. The standard InChI is InChI=1S/C18H24N2O/c1-13-6-4-8-17(14(13)2)20-11-5-7-15-9-10-18(21-3)16(19)12-15/h4,6,8-10,12,20H,5,7,11,19H2,1-3H3. The summed E-state index contributed by atoms with van der Waals surface area (Å²) in [4.78, 5) is 0. The molecule has 0 saturated carbocycles. The van der Waals surface area contributed by atoms with Crippen molar-refractivity contribution in [3.63, 3.8) is 0 Å². The van der Waals surface area contributed by atoms with Crippen molar-refractivity contribution in [3.05, 3.63) is 53.1 Å². The molecule has 0 saturated heterocycles. The number of hydrogen-bond acceptors (Lipinski definition) is 3. The monoisotopic (exact) mass is 284 g/mol. The third kappa shape index (κ3) is 3.91. The number of ether oxygens (including phenoxy) is 1. The van der Waals surface area contributed by atoms with Crippen LogP contribution in [0.3, 0.4) is 0 Å². The summed E-state index contributed by atoms with van der Waals surface area (Å²) in [5, 5.41) is 3.51. The largest absolute Gasteiger partial charge is 0.495 e. The van der Waals surface area contributed by atoms with Gasteiger partial charge in [0.15, 0.2) is 0 Å². The molecular formula is C18H24N2O. The van der Waals surface area contributed by atoms with Gasteiger partial charge in [-0.15, -0.1) is 0 Å². The molecule has 3 nitrogen and oxygen atoms in total. The number of nitrogen functional groups attached to an aromatic ring is 1. The van der Waals surface area contributed by atoms with Gasteiger partial charge in [0.2, 0.25) is 0 Å². The fourth-order valence-corrected chi connectivity index (χ4v) is 2.40. The summed E-state index contributed by atoms with van der Waals surface area (Å²) >= 11 is 0. The Morgan fingerprint density at radius 1 is 1.14 bits per heavy atom. The van der Waals surface area contributed by atoms with E-state index in [0.717, 1.165) is 25.1 Å². The molecule has 0 amide bonds. The summed E-state index contributed by atoms with van der Waals surface area (Å²) in [6.07, 6.45) is 2.07. The van der Waals surface area contributed by atoms with Gasteiger partial charge in [-0.1, -0.05) is 18.2 Å². The number of anilines is 2. The molecule has 2 rings (SSSR count). The van der Waals surface area contributed by atoms with Gasteiger partial charge in [0.1, 0.15) is 5.75 Å². The molecule has 2 aromatic carbocycles. The lowest BCUT2D eigenvalue weighted by Gasteiger charge is -2.12. The Kier molecular flexibility index (Phi) is 5.09. The minimum atomic E-state index is 0.706. The highest BCUT2D eigenvalue weighted by molar-refractivity contribution is 5.55. The first-order valence-corrected chi connectivity index (χ1v) is 7.34. The highest BCUT2D eigenvalue weighted by atomic mass is 16.5. The van der Waals surface area contributed by atoms with E-state index in [1.165, 1.54) is 22.4 Å². The Bertz CT molecular complexity index is 608. The molecule has 0 aliphatic heterocycles. The summed E-state index contributed by atoms with van der Waals surface area (Å²) in [5.74, 6) is 0.743. The van der Waals surface area contributed by atoms with E-state index in [9.17, 15) is 0 Å². The first-order valence-electron chi connectivity index (χ1n) is 7.34. The Morgan fingerprint density at radius 3 is 2.67 bits per heavy atom. The quantitative estimate of drug-likeness (QED) is 0.624. The second-order valence-electron chi connectivity index (χ2n) is 5.35. The fraction of sp³-hybridized carbons (Fsp3) is 0.333. The first-order chi connectivity index (χ1) is 10.1. The Morgan fingerprint density at radius 2 is 1.95 bits per heavy atom. The molecule has 0 spiro atoms. The van der Waals surface area contributed by atoms with Crippen LogP contribution in [0.2, 0.25) is 0 Å². The maximum Gasteiger partial charge on any atom is 0.141 e. The van der Waals surface area contributed by atoms with Crippen LogP contribution < -0.4 is 15.8 Å². The Balaban J connectivity index is 1.85. The maximum absolute atomic E-state index is 5.92. The zero-order chi connectivity index (χ0) is 15.2. The van der Waals surface area contributed by atoms with Crippen LogP contribution in [-0.2, 0) is 6.42 Å². The minimum Gasteiger partial charge on any atom is -0.495 e. The summed E-state index contributed by atoms with van der Waals surface area (Å²) in [7, 11) is 1.64. The zero-order valence-corrected chi connectivity index (χ0v) is 13.1. The molecule has 112 valence electrons. The van der Waals surface area contributed by atoms with Crippen LogP contribution in [0.15, 0.2) is 36.4 Å².